The van der Waals surface area contributed by atoms with Crippen LogP contribution in [-0.4, -0.2) is 19.7 Å². The van der Waals surface area contributed by atoms with Gasteiger partial charge in [0.05, 0.1) is 13.7 Å². The molecule has 1 aromatic carbocycles. The molecule has 0 saturated carbocycles. The lowest BCUT2D eigenvalue weighted by Crippen LogP contribution is -2.10. The van der Waals surface area contributed by atoms with Gasteiger partial charge < -0.3 is 9.47 Å². The molecule has 0 spiro atoms. The first-order chi connectivity index (χ1) is 6.74. The largest absolute Gasteiger partial charge is 0.467 e. The minimum atomic E-state index is -0.471. The minimum absolute atomic E-state index is 0.0712. The predicted octanol–water partition coefficient (Wildman–Crippen LogP) is 1.52. The van der Waals surface area contributed by atoms with Gasteiger partial charge in [-0.2, -0.15) is 0 Å². The van der Waals surface area contributed by atoms with Gasteiger partial charge in [-0.05, 0) is 6.07 Å². The van der Waals surface area contributed by atoms with Crippen LogP contribution in [0, 0.1) is 5.82 Å². The molecule has 0 aromatic heterocycles. The highest BCUT2D eigenvalue weighted by molar-refractivity contribution is 5.70. The van der Waals surface area contributed by atoms with E-state index in [4.69, 9.17) is 4.74 Å². The van der Waals surface area contributed by atoms with Crippen LogP contribution in [0.4, 0.5) is 4.39 Å². The topological polar surface area (TPSA) is 35.5 Å². The average Bonchev–Trinajstić information content (AvgIpc) is 2.20. The number of halogens is 1. The highest BCUT2D eigenvalue weighted by Gasteiger charge is 2.03. The maximum Gasteiger partial charge on any atom is 0.331 e. The summed E-state index contributed by atoms with van der Waals surface area (Å²) in [5, 5.41) is 0. The quantitative estimate of drug-likeness (QED) is 0.688. The first-order valence-corrected chi connectivity index (χ1v) is 4.12. The molecule has 3 nitrogen and oxygen atoms in total. The summed E-state index contributed by atoms with van der Waals surface area (Å²) in [5.41, 5.74) is 0.427. The van der Waals surface area contributed by atoms with Crippen molar-refractivity contribution in [3.63, 3.8) is 0 Å². The van der Waals surface area contributed by atoms with Gasteiger partial charge in [-0.3, -0.25) is 0 Å². The third-order valence-electron chi connectivity index (χ3n) is 1.66. The molecule has 0 N–H and O–H groups in total. The van der Waals surface area contributed by atoms with E-state index in [9.17, 15) is 9.18 Å². The number of hydrogen-bond donors (Lipinski definition) is 0. The molecule has 1 aromatic rings. The van der Waals surface area contributed by atoms with E-state index < -0.39 is 5.97 Å². The smallest absolute Gasteiger partial charge is 0.331 e. The molecule has 0 heterocycles. The molecule has 0 radical (unpaired) electrons. The molecule has 0 amide bonds. The third kappa shape index (κ3) is 3.14. The van der Waals surface area contributed by atoms with Crippen LogP contribution in [0.15, 0.2) is 24.3 Å². The number of hydrogen-bond acceptors (Lipinski definition) is 3. The number of benzene rings is 1. The lowest BCUT2D eigenvalue weighted by molar-refractivity contribution is -0.146. The van der Waals surface area contributed by atoms with Crippen molar-refractivity contribution >= 4 is 5.97 Å². The van der Waals surface area contributed by atoms with E-state index >= 15 is 0 Å². The van der Waals surface area contributed by atoms with Gasteiger partial charge in [-0.25, -0.2) is 9.18 Å². The van der Waals surface area contributed by atoms with E-state index in [2.05, 4.69) is 4.74 Å². The van der Waals surface area contributed by atoms with E-state index in [0.717, 1.165) is 0 Å². The number of carbonyl (C=O) groups is 1. The number of methoxy groups -OCH3 is 1. The summed E-state index contributed by atoms with van der Waals surface area (Å²) in [7, 11) is 1.27. The summed E-state index contributed by atoms with van der Waals surface area (Å²) in [4.78, 5) is 10.6. The van der Waals surface area contributed by atoms with Crippen molar-refractivity contribution in [1.29, 1.82) is 0 Å². The second-order valence-corrected chi connectivity index (χ2v) is 2.66. The summed E-state index contributed by atoms with van der Waals surface area (Å²) in [5.74, 6) is -0.807. The lowest BCUT2D eigenvalue weighted by atomic mass is 10.2. The van der Waals surface area contributed by atoms with Crippen LogP contribution >= 0.6 is 0 Å². The summed E-state index contributed by atoms with van der Waals surface area (Å²) in [6.45, 7) is -0.0907. The predicted molar refractivity (Wildman–Crippen MR) is 48.1 cm³/mol. The molecule has 76 valence electrons. The Labute approximate surface area is 81.4 Å². The molecule has 0 aliphatic rings. The molecule has 0 atom stereocenters. The van der Waals surface area contributed by atoms with Gasteiger partial charge in [0, 0.05) is 5.56 Å². The van der Waals surface area contributed by atoms with Gasteiger partial charge in [-0.1, -0.05) is 18.2 Å². The SMILES string of the molecule is COC(=O)COCc1ccccc1F. The lowest BCUT2D eigenvalue weighted by Gasteiger charge is -2.03. The average molecular weight is 198 g/mol. The molecule has 0 aliphatic carbocycles. The zero-order chi connectivity index (χ0) is 10.4. The molecule has 0 bridgehead atoms. The monoisotopic (exact) mass is 198 g/mol. The van der Waals surface area contributed by atoms with Crippen LogP contribution in [0.25, 0.3) is 0 Å². The maximum atomic E-state index is 13.0. The second-order valence-electron chi connectivity index (χ2n) is 2.66. The Balaban J connectivity index is 2.39. The van der Waals surface area contributed by atoms with Crippen molar-refractivity contribution in [3.05, 3.63) is 35.6 Å². The first kappa shape index (κ1) is 10.7. The summed E-state index contributed by atoms with van der Waals surface area (Å²) in [6.07, 6.45) is 0. The molecular weight excluding hydrogens is 187 g/mol. The molecular formula is C10H11FO3. The van der Waals surface area contributed by atoms with Gasteiger partial charge in [0.15, 0.2) is 0 Å². The van der Waals surface area contributed by atoms with Crippen LogP contribution in [0.5, 0.6) is 0 Å². The summed E-state index contributed by atoms with van der Waals surface area (Å²) < 4.78 is 22.3. The fourth-order valence-corrected chi connectivity index (χ4v) is 0.919. The number of rotatable bonds is 4. The Hall–Kier alpha value is -1.42. The molecule has 1 rings (SSSR count). The van der Waals surface area contributed by atoms with E-state index in [1.807, 2.05) is 0 Å². The molecule has 0 unspecified atom stereocenters. The highest BCUT2D eigenvalue weighted by atomic mass is 19.1. The van der Waals surface area contributed by atoms with Gasteiger partial charge >= 0.3 is 5.97 Å². The van der Waals surface area contributed by atoms with Crippen molar-refractivity contribution in [2.45, 2.75) is 6.61 Å². The van der Waals surface area contributed by atoms with Crippen molar-refractivity contribution in [1.82, 2.24) is 0 Å². The third-order valence-corrected chi connectivity index (χ3v) is 1.66. The van der Waals surface area contributed by atoms with Crippen LogP contribution in [-0.2, 0) is 20.9 Å². The Morgan fingerprint density at radius 1 is 1.43 bits per heavy atom. The van der Waals surface area contributed by atoms with Gasteiger partial charge in [0.25, 0.3) is 0 Å². The number of carbonyl (C=O) groups excluding carboxylic acids is 1. The van der Waals surface area contributed by atoms with Gasteiger partial charge in [-0.15, -0.1) is 0 Å². The van der Waals surface area contributed by atoms with E-state index in [0.29, 0.717) is 5.56 Å². The molecule has 4 heteroatoms. The molecule has 14 heavy (non-hydrogen) atoms. The number of esters is 1. The van der Waals surface area contributed by atoms with E-state index in [1.54, 1.807) is 18.2 Å². The molecule has 0 aliphatic heterocycles. The van der Waals surface area contributed by atoms with Crippen LogP contribution < -0.4 is 0 Å². The van der Waals surface area contributed by atoms with Gasteiger partial charge in [0.2, 0.25) is 0 Å². The van der Waals surface area contributed by atoms with Crippen LogP contribution in [0.1, 0.15) is 5.56 Å². The van der Waals surface area contributed by atoms with Crippen molar-refractivity contribution in [2.24, 2.45) is 0 Å². The van der Waals surface area contributed by atoms with E-state index in [1.165, 1.54) is 13.2 Å². The fraction of sp³-hybridized carbons (Fsp3) is 0.300. The Kier molecular flexibility index (Phi) is 4.07. The van der Waals surface area contributed by atoms with Crippen molar-refractivity contribution in [2.75, 3.05) is 13.7 Å². The van der Waals surface area contributed by atoms with Crippen LogP contribution in [0.2, 0.25) is 0 Å². The second kappa shape index (κ2) is 5.34. The fourth-order valence-electron chi connectivity index (χ4n) is 0.919. The first-order valence-electron chi connectivity index (χ1n) is 4.12. The van der Waals surface area contributed by atoms with Gasteiger partial charge in [0.1, 0.15) is 12.4 Å². The summed E-state index contributed by atoms with van der Waals surface area (Å²) in [6, 6.07) is 6.25. The Bertz CT molecular complexity index is 312. The zero-order valence-corrected chi connectivity index (χ0v) is 7.83. The number of ether oxygens (including phenoxy) is 2. The Morgan fingerprint density at radius 3 is 2.79 bits per heavy atom. The van der Waals surface area contributed by atoms with E-state index in [-0.39, 0.29) is 19.0 Å². The minimum Gasteiger partial charge on any atom is -0.467 e. The standard InChI is InChI=1S/C10H11FO3/c1-13-10(12)7-14-6-8-4-2-3-5-9(8)11/h2-5H,6-7H2,1H3. The Morgan fingerprint density at radius 2 is 2.14 bits per heavy atom. The van der Waals surface area contributed by atoms with Crippen LogP contribution in [0.3, 0.4) is 0 Å². The zero-order valence-electron chi connectivity index (χ0n) is 7.83. The van der Waals surface area contributed by atoms with Crippen molar-refractivity contribution in [3.8, 4) is 0 Å². The summed E-state index contributed by atoms with van der Waals surface area (Å²) >= 11 is 0. The molecule has 0 saturated heterocycles. The highest BCUT2D eigenvalue weighted by Crippen LogP contribution is 2.07. The maximum absolute atomic E-state index is 13.0. The van der Waals surface area contributed by atoms with Crippen molar-refractivity contribution < 1.29 is 18.7 Å². The normalized spacial score (nSPS) is 9.86. The molecule has 0 fully saturated rings.